The van der Waals surface area contributed by atoms with Gasteiger partial charge in [-0.2, -0.15) is 0 Å². The quantitative estimate of drug-likeness (QED) is 0.504. The van der Waals surface area contributed by atoms with Crippen molar-refractivity contribution < 1.29 is 14.7 Å². The van der Waals surface area contributed by atoms with E-state index in [2.05, 4.69) is 10.6 Å². The van der Waals surface area contributed by atoms with Gasteiger partial charge < -0.3 is 20.6 Å². The zero-order valence-corrected chi connectivity index (χ0v) is 19.0. The lowest BCUT2D eigenvalue weighted by Gasteiger charge is -2.32. The number of amides is 3. The number of nitrogens with zero attached hydrogens (tertiary/aromatic N) is 1. The molecule has 3 amide bonds. The number of carbonyl (C=O) groups excluding carboxylic acids is 2. The Morgan fingerprint density at radius 2 is 1.94 bits per heavy atom. The number of aliphatic hydroxyl groups is 1. The average Bonchev–Trinajstić information content (AvgIpc) is 3.47. The van der Waals surface area contributed by atoms with Crippen molar-refractivity contribution in [1.82, 2.24) is 5.32 Å². The lowest BCUT2D eigenvalue weighted by atomic mass is 9.84. The van der Waals surface area contributed by atoms with Crippen molar-refractivity contribution in [2.75, 3.05) is 23.4 Å². The molecule has 1 aromatic heterocycles. The number of carbonyl (C=O) groups is 2. The molecule has 0 bridgehead atoms. The number of benzene rings is 2. The highest BCUT2D eigenvalue weighted by Crippen LogP contribution is 2.35. The monoisotopic (exact) mass is 449 g/mol. The van der Waals surface area contributed by atoms with Crippen LogP contribution in [0.25, 0.3) is 0 Å². The molecule has 0 saturated heterocycles. The number of hydrogen-bond donors (Lipinski definition) is 3. The Kier molecular flexibility index (Phi) is 6.30. The Morgan fingerprint density at radius 1 is 1.12 bits per heavy atom. The largest absolute Gasteiger partial charge is 0.396 e. The SMILES string of the molecule is CC(C)(CO)[C@@H](NC(=O)Nc1cccc(C(=O)N2CCc3ccccc32)c1)c1cccs1. The van der Waals surface area contributed by atoms with Crippen LogP contribution in [0, 0.1) is 5.41 Å². The van der Waals surface area contributed by atoms with Crippen molar-refractivity contribution in [3.63, 3.8) is 0 Å². The zero-order chi connectivity index (χ0) is 22.7. The first-order chi connectivity index (χ1) is 15.4. The van der Waals surface area contributed by atoms with Gasteiger partial charge in [0.2, 0.25) is 0 Å². The molecule has 0 unspecified atom stereocenters. The number of para-hydroxylation sites is 1. The first-order valence-electron chi connectivity index (χ1n) is 10.6. The van der Waals surface area contributed by atoms with Crippen molar-refractivity contribution in [3.8, 4) is 0 Å². The van der Waals surface area contributed by atoms with Crippen LogP contribution in [0.4, 0.5) is 16.2 Å². The predicted octanol–water partition coefficient (Wildman–Crippen LogP) is 4.83. The summed E-state index contributed by atoms with van der Waals surface area (Å²) in [4.78, 5) is 28.7. The smallest absolute Gasteiger partial charge is 0.319 e. The van der Waals surface area contributed by atoms with Crippen LogP contribution >= 0.6 is 11.3 Å². The van der Waals surface area contributed by atoms with E-state index in [4.69, 9.17) is 0 Å². The minimum Gasteiger partial charge on any atom is -0.396 e. The number of nitrogens with one attached hydrogen (secondary N) is 2. The van der Waals surface area contributed by atoms with E-state index in [0.717, 1.165) is 17.0 Å². The van der Waals surface area contributed by atoms with E-state index in [1.165, 1.54) is 16.9 Å². The summed E-state index contributed by atoms with van der Waals surface area (Å²) in [5.74, 6) is -0.0862. The van der Waals surface area contributed by atoms with Gasteiger partial charge in [-0.25, -0.2) is 4.79 Å². The predicted molar refractivity (Wildman–Crippen MR) is 128 cm³/mol. The van der Waals surface area contributed by atoms with Crippen LogP contribution in [-0.4, -0.2) is 30.2 Å². The van der Waals surface area contributed by atoms with Gasteiger partial charge in [0.15, 0.2) is 0 Å². The van der Waals surface area contributed by atoms with Crippen molar-refractivity contribution >= 4 is 34.6 Å². The average molecular weight is 450 g/mol. The van der Waals surface area contributed by atoms with Crippen LogP contribution in [0.1, 0.15) is 40.7 Å². The maximum absolute atomic E-state index is 13.1. The second-order valence-electron chi connectivity index (χ2n) is 8.61. The molecule has 0 saturated carbocycles. The van der Waals surface area contributed by atoms with Crippen LogP contribution in [0.2, 0.25) is 0 Å². The molecule has 32 heavy (non-hydrogen) atoms. The van der Waals surface area contributed by atoms with E-state index < -0.39 is 5.41 Å². The van der Waals surface area contributed by atoms with Crippen molar-refractivity contribution in [1.29, 1.82) is 0 Å². The number of hydrogen-bond acceptors (Lipinski definition) is 4. The molecule has 1 aliphatic rings. The lowest BCUT2D eigenvalue weighted by molar-refractivity contribution is 0.0989. The highest BCUT2D eigenvalue weighted by Gasteiger charge is 2.32. The molecule has 0 fully saturated rings. The van der Waals surface area contributed by atoms with Crippen LogP contribution < -0.4 is 15.5 Å². The molecule has 2 aromatic carbocycles. The molecule has 4 rings (SSSR count). The fourth-order valence-electron chi connectivity index (χ4n) is 3.93. The molecule has 1 atom stereocenters. The summed E-state index contributed by atoms with van der Waals surface area (Å²) in [6.45, 7) is 4.39. The Bertz CT molecular complexity index is 1110. The first kappa shape index (κ1) is 22.0. The first-order valence-corrected chi connectivity index (χ1v) is 11.5. The van der Waals surface area contributed by atoms with Gasteiger partial charge in [-0.05, 0) is 47.7 Å². The van der Waals surface area contributed by atoms with Crippen molar-refractivity contribution in [2.24, 2.45) is 5.41 Å². The summed E-state index contributed by atoms with van der Waals surface area (Å²) in [7, 11) is 0. The molecule has 3 N–H and O–H groups in total. The number of aliphatic hydroxyl groups excluding tert-OH is 1. The van der Waals surface area contributed by atoms with Gasteiger partial charge in [0.1, 0.15) is 0 Å². The maximum atomic E-state index is 13.1. The van der Waals surface area contributed by atoms with Gasteiger partial charge in [-0.3, -0.25) is 4.79 Å². The van der Waals surface area contributed by atoms with E-state index in [-0.39, 0.29) is 24.6 Å². The van der Waals surface area contributed by atoms with Gasteiger partial charge in [-0.15, -0.1) is 11.3 Å². The molecule has 0 aliphatic carbocycles. The molecule has 166 valence electrons. The number of fused-ring (bicyclic) bond motifs is 1. The van der Waals surface area contributed by atoms with E-state index in [1.54, 1.807) is 29.2 Å². The summed E-state index contributed by atoms with van der Waals surface area (Å²) in [6, 6.07) is 18.0. The second kappa shape index (κ2) is 9.14. The lowest BCUT2D eigenvalue weighted by Crippen LogP contribution is -2.41. The van der Waals surface area contributed by atoms with Gasteiger partial charge in [-0.1, -0.05) is 44.2 Å². The minimum atomic E-state index is -0.539. The van der Waals surface area contributed by atoms with Gasteiger partial charge in [0.25, 0.3) is 5.91 Å². The summed E-state index contributed by atoms with van der Waals surface area (Å²) >= 11 is 1.53. The fraction of sp³-hybridized carbons (Fsp3) is 0.280. The summed E-state index contributed by atoms with van der Waals surface area (Å²) in [6.07, 6.45) is 0.840. The Hall–Kier alpha value is -3.16. The molecule has 2 heterocycles. The Morgan fingerprint density at radius 3 is 2.69 bits per heavy atom. The molecule has 1 aliphatic heterocycles. The maximum Gasteiger partial charge on any atom is 0.319 e. The summed E-state index contributed by atoms with van der Waals surface area (Å²) < 4.78 is 0. The van der Waals surface area contributed by atoms with Gasteiger partial charge in [0.05, 0.1) is 12.6 Å². The number of urea groups is 1. The second-order valence-corrected chi connectivity index (χ2v) is 9.59. The van der Waals surface area contributed by atoms with Crippen LogP contribution in [0.3, 0.4) is 0 Å². The molecule has 0 spiro atoms. The third-order valence-corrected chi connectivity index (χ3v) is 6.73. The standard InChI is InChI=1S/C25H27N3O3S/c1-25(2,16-29)22(21-11-6-14-32-21)27-24(31)26-19-9-5-8-18(15-19)23(30)28-13-12-17-7-3-4-10-20(17)28/h3-11,14-15,22,29H,12-13,16H2,1-2H3,(H2,26,27,31)/t22-/m0/s1. The summed E-state index contributed by atoms with van der Waals surface area (Å²) in [5, 5.41) is 17.6. The van der Waals surface area contributed by atoms with Gasteiger partial charge >= 0.3 is 6.03 Å². The van der Waals surface area contributed by atoms with Crippen molar-refractivity contribution in [2.45, 2.75) is 26.3 Å². The molecule has 3 aromatic rings. The highest BCUT2D eigenvalue weighted by molar-refractivity contribution is 7.10. The molecule has 7 heteroatoms. The Labute approximate surface area is 191 Å². The van der Waals surface area contributed by atoms with Gasteiger partial charge in [0, 0.05) is 33.8 Å². The van der Waals surface area contributed by atoms with E-state index in [9.17, 15) is 14.7 Å². The highest BCUT2D eigenvalue weighted by atomic mass is 32.1. The molecular formula is C25H27N3O3S. The topological polar surface area (TPSA) is 81.7 Å². The van der Waals surface area contributed by atoms with E-state index >= 15 is 0 Å². The normalized spacial score (nSPS) is 14.0. The third-order valence-electron chi connectivity index (χ3n) is 5.79. The molecular weight excluding hydrogens is 422 g/mol. The third kappa shape index (κ3) is 4.54. The number of anilines is 2. The fourth-order valence-corrected chi connectivity index (χ4v) is 4.92. The molecule has 6 nitrogen and oxygen atoms in total. The van der Waals surface area contributed by atoms with E-state index in [0.29, 0.717) is 17.8 Å². The zero-order valence-electron chi connectivity index (χ0n) is 18.2. The molecule has 0 radical (unpaired) electrons. The van der Waals surface area contributed by atoms with Crippen LogP contribution in [-0.2, 0) is 6.42 Å². The van der Waals surface area contributed by atoms with Crippen LogP contribution in [0.5, 0.6) is 0 Å². The Balaban J connectivity index is 1.48. The van der Waals surface area contributed by atoms with Crippen LogP contribution in [0.15, 0.2) is 66.0 Å². The minimum absolute atomic E-state index is 0.0723. The number of rotatable bonds is 6. The summed E-state index contributed by atoms with van der Waals surface area (Å²) in [5.41, 5.74) is 2.63. The number of thiophene rings is 1. The van der Waals surface area contributed by atoms with Crippen molar-refractivity contribution in [3.05, 3.63) is 82.0 Å². The van der Waals surface area contributed by atoms with E-state index in [1.807, 2.05) is 55.6 Å².